The number of fused-ring (bicyclic) bond motifs is 1. The predicted molar refractivity (Wildman–Crippen MR) is 102 cm³/mol. The number of rotatable bonds is 5. The Morgan fingerprint density at radius 1 is 1.19 bits per heavy atom. The summed E-state index contributed by atoms with van der Waals surface area (Å²) in [7, 11) is 0. The number of imidazole rings is 1. The second-order valence-electron chi connectivity index (χ2n) is 6.87. The van der Waals surface area contributed by atoms with Gasteiger partial charge in [-0.25, -0.2) is 9.97 Å². The summed E-state index contributed by atoms with van der Waals surface area (Å²) < 4.78 is 2.19. The lowest BCUT2D eigenvalue weighted by molar-refractivity contribution is -0.130. The zero-order valence-electron chi connectivity index (χ0n) is 15.1. The number of amides is 1. The van der Waals surface area contributed by atoms with E-state index in [1.807, 2.05) is 41.4 Å². The Bertz CT molecular complexity index is 903. The average Bonchev–Trinajstić information content (AvgIpc) is 3.31. The Hall–Kier alpha value is -2.69. The van der Waals surface area contributed by atoms with Crippen LogP contribution < -0.4 is 0 Å². The average molecular weight is 348 g/mol. The molecule has 1 aromatic carbocycles. The molecular weight excluding hydrogens is 324 g/mol. The summed E-state index contributed by atoms with van der Waals surface area (Å²) in [6, 6.07) is 14.1. The molecule has 1 saturated heterocycles. The Morgan fingerprint density at radius 2 is 2.04 bits per heavy atom. The number of benzene rings is 1. The van der Waals surface area contributed by atoms with Gasteiger partial charge in [0.2, 0.25) is 5.91 Å². The molecule has 5 heteroatoms. The SMILES string of the molecule is CCn1c([C@H]2CCN(C(=O)CCc3ccccc3)C2)nc2cccnc21. The van der Waals surface area contributed by atoms with E-state index in [2.05, 4.69) is 28.6 Å². The number of nitrogens with zero attached hydrogens (tertiary/aromatic N) is 4. The number of hydrogen-bond acceptors (Lipinski definition) is 3. The third-order valence-corrected chi connectivity index (χ3v) is 5.23. The van der Waals surface area contributed by atoms with Crippen molar-refractivity contribution in [2.24, 2.45) is 0 Å². The van der Waals surface area contributed by atoms with E-state index >= 15 is 0 Å². The van der Waals surface area contributed by atoms with Gasteiger partial charge in [-0.05, 0) is 37.5 Å². The molecule has 1 aliphatic heterocycles. The van der Waals surface area contributed by atoms with E-state index in [1.54, 1.807) is 0 Å². The van der Waals surface area contributed by atoms with Crippen LogP contribution in [0.3, 0.4) is 0 Å². The summed E-state index contributed by atoms with van der Waals surface area (Å²) in [4.78, 5) is 23.9. The number of carbonyl (C=O) groups excluding carboxylic acids is 1. The lowest BCUT2D eigenvalue weighted by Crippen LogP contribution is -2.29. The number of likely N-dealkylation sites (tertiary alicyclic amines) is 1. The van der Waals surface area contributed by atoms with E-state index in [9.17, 15) is 4.79 Å². The van der Waals surface area contributed by atoms with Crippen LogP contribution >= 0.6 is 0 Å². The van der Waals surface area contributed by atoms with Gasteiger partial charge in [-0.2, -0.15) is 0 Å². The molecule has 5 nitrogen and oxygen atoms in total. The fourth-order valence-corrected chi connectivity index (χ4v) is 3.85. The standard InChI is InChI=1S/C21H24N4O/c1-2-25-20(23-18-9-6-13-22-21(18)25)17-12-14-24(15-17)19(26)11-10-16-7-4-3-5-8-16/h3-9,13,17H,2,10-12,14-15H2,1H3/t17-/m0/s1. The number of aromatic nitrogens is 3. The number of hydrogen-bond donors (Lipinski definition) is 0. The molecule has 26 heavy (non-hydrogen) atoms. The maximum atomic E-state index is 12.6. The van der Waals surface area contributed by atoms with E-state index in [4.69, 9.17) is 4.98 Å². The van der Waals surface area contributed by atoms with E-state index in [-0.39, 0.29) is 5.91 Å². The molecule has 0 aliphatic carbocycles. The Labute approximate surface area is 153 Å². The second kappa shape index (κ2) is 7.28. The molecular formula is C21H24N4O. The highest BCUT2D eigenvalue weighted by molar-refractivity contribution is 5.77. The molecule has 2 aromatic heterocycles. The molecule has 0 saturated carbocycles. The van der Waals surface area contributed by atoms with Crippen molar-refractivity contribution in [3.8, 4) is 0 Å². The van der Waals surface area contributed by atoms with Crippen LogP contribution in [0.4, 0.5) is 0 Å². The van der Waals surface area contributed by atoms with Crippen molar-refractivity contribution < 1.29 is 4.79 Å². The molecule has 0 spiro atoms. The van der Waals surface area contributed by atoms with Crippen molar-refractivity contribution in [2.75, 3.05) is 13.1 Å². The first-order valence-electron chi connectivity index (χ1n) is 9.39. The Balaban J connectivity index is 1.44. The van der Waals surface area contributed by atoms with E-state index in [0.717, 1.165) is 49.5 Å². The molecule has 3 heterocycles. The first-order valence-corrected chi connectivity index (χ1v) is 9.39. The monoisotopic (exact) mass is 348 g/mol. The molecule has 0 radical (unpaired) electrons. The van der Waals surface area contributed by atoms with Crippen LogP contribution in [0.2, 0.25) is 0 Å². The minimum atomic E-state index is 0.244. The molecule has 1 atom stereocenters. The maximum Gasteiger partial charge on any atom is 0.222 e. The van der Waals surface area contributed by atoms with Gasteiger partial charge in [-0.1, -0.05) is 30.3 Å². The van der Waals surface area contributed by atoms with Gasteiger partial charge in [0.05, 0.1) is 0 Å². The summed E-state index contributed by atoms with van der Waals surface area (Å²) in [5, 5.41) is 0. The van der Waals surface area contributed by atoms with Crippen molar-refractivity contribution in [1.82, 2.24) is 19.4 Å². The molecule has 1 fully saturated rings. The minimum absolute atomic E-state index is 0.244. The van der Waals surface area contributed by atoms with Crippen LogP contribution in [0, 0.1) is 0 Å². The van der Waals surface area contributed by atoms with Crippen LogP contribution in [0.25, 0.3) is 11.2 Å². The summed E-state index contributed by atoms with van der Waals surface area (Å²) in [6.07, 6.45) is 4.16. The molecule has 0 bridgehead atoms. The van der Waals surface area contributed by atoms with Crippen LogP contribution in [0.1, 0.15) is 37.1 Å². The molecule has 0 N–H and O–H groups in total. The molecule has 0 unspecified atom stereocenters. The van der Waals surface area contributed by atoms with Crippen molar-refractivity contribution >= 4 is 17.1 Å². The zero-order chi connectivity index (χ0) is 17.9. The summed E-state index contributed by atoms with van der Waals surface area (Å²) in [5.41, 5.74) is 3.10. The highest BCUT2D eigenvalue weighted by Crippen LogP contribution is 2.29. The van der Waals surface area contributed by atoms with Gasteiger partial charge in [0, 0.05) is 38.2 Å². The maximum absolute atomic E-state index is 12.6. The smallest absolute Gasteiger partial charge is 0.222 e. The molecule has 3 aromatic rings. The van der Waals surface area contributed by atoms with Crippen molar-refractivity contribution in [2.45, 2.75) is 38.6 Å². The minimum Gasteiger partial charge on any atom is -0.342 e. The number of aryl methyl sites for hydroxylation is 2. The third kappa shape index (κ3) is 3.21. The van der Waals surface area contributed by atoms with Gasteiger partial charge in [-0.3, -0.25) is 4.79 Å². The van der Waals surface area contributed by atoms with Crippen LogP contribution in [-0.4, -0.2) is 38.4 Å². The van der Waals surface area contributed by atoms with Crippen LogP contribution in [-0.2, 0) is 17.8 Å². The van der Waals surface area contributed by atoms with Gasteiger partial charge in [-0.15, -0.1) is 0 Å². The van der Waals surface area contributed by atoms with Crippen molar-refractivity contribution in [3.05, 3.63) is 60.0 Å². The summed E-state index contributed by atoms with van der Waals surface area (Å²) >= 11 is 0. The number of carbonyl (C=O) groups is 1. The van der Waals surface area contributed by atoms with Crippen molar-refractivity contribution in [3.63, 3.8) is 0 Å². The lowest BCUT2D eigenvalue weighted by Gasteiger charge is -2.17. The summed E-state index contributed by atoms with van der Waals surface area (Å²) in [6.45, 7) is 4.55. The lowest BCUT2D eigenvalue weighted by atomic mass is 10.1. The molecule has 134 valence electrons. The Kier molecular flexibility index (Phi) is 4.69. The fourth-order valence-electron chi connectivity index (χ4n) is 3.85. The highest BCUT2D eigenvalue weighted by atomic mass is 16.2. The quantitative estimate of drug-likeness (QED) is 0.710. The second-order valence-corrected chi connectivity index (χ2v) is 6.87. The fraction of sp³-hybridized carbons (Fsp3) is 0.381. The van der Waals surface area contributed by atoms with Gasteiger partial charge < -0.3 is 9.47 Å². The predicted octanol–water partition coefficient (Wildman–Crippen LogP) is 3.40. The largest absolute Gasteiger partial charge is 0.342 e. The Morgan fingerprint density at radius 3 is 2.85 bits per heavy atom. The molecule has 4 rings (SSSR count). The van der Waals surface area contributed by atoms with Crippen LogP contribution in [0.5, 0.6) is 0 Å². The normalized spacial score (nSPS) is 17.1. The van der Waals surface area contributed by atoms with Gasteiger partial charge >= 0.3 is 0 Å². The van der Waals surface area contributed by atoms with E-state index in [1.165, 1.54) is 5.56 Å². The van der Waals surface area contributed by atoms with Gasteiger partial charge in [0.15, 0.2) is 5.65 Å². The topological polar surface area (TPSA) is 51.0 Å². The molecule has 1 amide bonds. The third-order valence-electron chi connectivity index (χ3n) is 5.23. The van der Waals surface area contributed by atoms with E-state index < -0.39 is 0 Å². The highest BCUT2D eigenvalue weighted by Gasteiger charge is 2.30. The van der Waals surface area contributed by atoms with Crippen molar-refractivity contribution in [1.29, 1.82) is 0 Å². The van der Waals surface area contributed by atoms with Gasteiger partial charge in [0.1, 0.15) is 11.3 Å². The van der Waals surface area contributed by atoms with E-state index in [0.29, 0.717) is 12.3 Å². The zero-order valence-corrected chi connectivity index (χ0v) is 15.1. The van der Waals surface area contributed by atoms with Crippen LogP contribution in [0.15, 0.2) is 48.7 Å². The summed E-state index contributed by atoms with van der Waals surface area (Å²) in [5.74, 6) is 1.61. The van der Waals surface area contributed by atoms with Gasteiger partial charge in [0.25, 0.3) is 0 Å². The number of pyridine rings is 1. The first kappa shape index (κ1) is 16.8. The first-order chi connectivity index (χ1) is 12.8. The molecule has 1 aliphatic rings.